The highest BCUT2D eigenvalue weighted by molar-refractivity contribution is 7.99. The van der Waals surface area contributed by atoms with Crippen LogP contribution in [-0.2, 0) is 11.3 Å². The van der Waals surface area contributed by atoms with Gasteiger partial charge in [0.15, 0.2) is 6.20 Å². The minimum Gasteiger partial charge on any atom is -0.618 e. The number of benzene rings is 2. The highest BCUT2D eigenvalue weighted by atomic mass is 32.2. The van der Waals surface area contributed by atoms with Crippen molar-refractivity contribution < 1.29 is 14.3 Å². The molecule has 6 heteroatoms. The monoisotopic (exact) mass is 422 g/mol. The lowest BCUT2D eigenvalue weighted by atomic mass is 10.0. The number of carbonyl (C=O) groups is 1. The zero-order valence-corrected chi connectivity index (χ0v) is 18.3. The van der Waals surface area contributed by atoms with Crippen LogP contribution in [0.1, 0.15) is 30.9 Å². The van der Waals surface area contributed by atoms with Crippen LogP contribution in [0.5, 0.6) is 5.75 Å². The van der Waals surface area contributed by atoms with Crippen molar-refractivity contribution in [3.63, 3.8) is 0 Å². The average molecular weight is 423 g/mol. The average Bonchev–Trinajstić information content (AvgIpc) is 2.77. The van der Waals surface area contributed by atoms with Crippen LogP contribution >= 0.6 is 11.8 Å². The van der Waals surface area contributed by atoms with E-state index in [-0.39, 0.29) is 11.7 Å². The van der Waals surface area contributed by atoms with Gasteiger partial charge in [0.05, 0.1) is 19.4 Å². The van der Waals surface area contributed by atoms with E-state index < -0.39 is 0 Å². The molecule has 0 bridgehead atoms. The minimum atomic E-state index is -0.0676. The third-order valence-corrected chi connectivity index (χ3v) is 5.81. The molecule has 156 valence electrons. The highest BCUT2D eigenvalue weighted by Crippen LogP contribution is 2.24. The van der Waals surface area contributed by atoms with Gasteiger partial charge in [-0.3, -0.25) is 4.79 Å². The second-order valence-electron chi connectivity index (χ2n) is 7.23. The Morgan fingerprint density at radius 1 is 1.07 bits per heavy atom. The molecule has 0 unspecified atom stereocenters. The van der Waals surface area contributed by atoms with Gasteiger partial charge in [0.2, 0.25) is 5.91 Å². The van der Waals surface area contributed by atoms with Crippen LogP contribution in [0.2, 0.25) is 0 Å². The summed E-state index contributed by atoms with van der Waals surface area (Å²) in [5, 5.41) is 12.4. The quantitative estimate of drug-likeness (QED) is 0.298. The zero-order chi connectivity index (χ0) is 21.5. The van der Waals surface area contributed by atoms with E-state index in [2.05, 4.69) is 38.1 Å². The first kappa shape index (κ1) is 21.7. The number of ether oxygens (including phenoxy) is 1. The van der Waals surface area contributed by atoms with E-state index in [1.165, 1.54) is 23.5 Å². The van der Waals surface area contributed by atoms with Crippen molar-refractivity contribution >= 4 is 23.4 Å². The lowest BCUT2D eigenvalue weighted by molar-refractivity contribution is -0.645. The van der Waals surface area contributed by atoms with Gasteiger partial charge in [-0.15, -0.1) is 0 Å². The molecule has 0 atom stereocenters. The molecule has 0 aliphatic carbocycles. The molecule has 3 rings (SSSR count). The van der Waals surface area contributed by atoms with E-state index in [9.17, 15) is 10.0 Å². The molecule has 2 aromatic carbocycles. The number of carbonyl (C=O) groups excluding carboxylic acids is 1. The van der Waals surface area contributed by atoms with Gasteiger partial charge in [-0.1, -0.05) is 38.1 Å². The van der Waals surface area contributed by atoms with Crippen LogP contribution in [0.15, 0.2) is 78.0 Å². The second-order valence-corrected chi connectivity index (χ2v) is 8.22. The normalized spacial score (nSPS) is 10.8. The molecule has 0 saturated heterocycles. The predicted octanol–water partition coefficient (Wildman–Crippen LogP) is 4.78. The third kappa shape index (κ3) is 5.54. The minimum absolute atomic E-state index is 0.0676. The molecule has 0 radical (unpaired) electrons. The van der Waals surface area contributed by atoms with Crippen molar-refractivity contribution in [2.75, 3.05) is 17.8 Å². The number of aromatic nitrogens is 1. The maximum Gasteiger partial charge on any atom is 0.251 e. The van der Waals surface area contributed by atoms with Gasteiger partial charge in [0.1, 0.15) is 5.75 Å². The van der Waals surface area contributed by atoms with Gasteiger partial charge in [-0.25, -0.2) is 0 Å². The Kier molecular flexibility index (Phi) is 7.36. The van der Waals surface area contributed by atoms with E-state index in [1.807, 2.05) is 24.3 Å². The van der Waals surface area contributed by atoms with E-state index in [0.717, 1.165) is 21.7 Å². The summed E-state index contributed by atoms with van der Waals surface area (Å²) in [6, 6.07) is 21.0. The first-order valence-corrected chi connectivity index (χ1v) is 10.8. The fourth-order valence-corrected chi connectivity index (χ4v) is 3.80. The number of hydrogen-bond donors (Lipinski definition) is 0. The van der Waals surface area contributed by atoms with Crippen LogP contribution in [0.25, 0.3) is 0 Å². The Morgan fingerprint density at radius 2 is 1.77 bits per heavy atom. The summed E-state index contributed by atoms with van der Waals surface area (Å²) in [6.07, 6.45) is 1.43. The van der Waals surface area contributed by atoms with Crippen LogP contribution < -0.4 is 14.4 Å². The summed E-state index contributed by atoms with van der Waals surface area (Å²) >= 11 is 1.24. The number of nitrogens with zero attached hydrogens (tertiary/aromatic N) is 2. The van der Waals surface area contributed by atoms with Gasteiger partial charge < -0.3 is 14.8 Å². The van der Waals surface area contributed by atoms with Crippen molar-refractivity contribution in [3.05, 3.63) is 89.3 Å². The molecular formula is C24H26N2O3S. The van der Waals surface area contributed by atoms with Gasteiger partial charge >= 0.3 is 0 Å². The summed E-state index contributed by atoms with van der Waals surface area (Å²) in [6.45, 7) is 4.77. The van der Waals surface area contributed by atoms with Gasteiger partial charge in [0, 0.05) is 17.8 Å². The van der Waals surface area contributed by atoms with Crippen LogP contribution in [0, 0.1) is 5.21 Å². The van der Waals surface area contributed by atoms with Gasteiger partial charge in [-0.2, -0.15) is 4.73 Å². The number of methoxy groups -OCH3 is 1. The maximum absolute atomic E-state index is 13.1. The molecule has 30 heavy (non-hydrogen) atoms. The summed E-state index contributed by atoms with van der Waals surface area (Å²) < 4.78 is 6.01. The highest BCUT2D eigenvalue weighted by Gasteiger charge is 2.19. The molecule has 5 nitrogen and oxygen atoms in total. The smallest absolute Gasteiger partial charge is 0.251 e. The maximum atomic E-state index is 13.1. The number of anilines is 1. The molecule has 3 aromatic rings. The standard InChI is InChI=1S/C24H26N2O3S/c1-18(2)20-9-7-19(8-10-20)16-25(21-11-13-22(29-3)14-12-21)23(27)17-30-24-6-4-5-15-26(24)28/h4-15,18H,16-17H2,1-3H3. The number of amides is 1. The number of pyridine rings is 1. The predicted molar refractivity (Wildman–Crippen MR) is 121 cm³/mol. The van der Waals surface area contributed by atoms with Gasteiger partial charge in [-0.05, 0) is 59.1 Å². The molecule has 0 spiro atoms. The van der Waals surface area contributed by atoms with E-state index in [1.54, 1.807) is 30.2 Å². The molecule has 0 aliphatic heterocycles. The lowest BCUT2D eigenvalue weighted by Gasteiger charge is -2.23. The van der Waals surface area contributed by atoms with Crippen molar-refractivity contribution in [1.82, 2.24) is 0 Å². The third-order valence-electron chi connectivity index (χ3n) is 4.80. The van der Waals surface area contributed by atoms with E-state index in [0.29, 0.717) is 17.5 Å². The fourth-order valence-electron chi connectivity index (χ4n) is 3.01. The van der Waals surface area contributed by atoms with E-state index in [4.69, 9.17) is 4.74 Å². The first-order valence-electron chi connectivity index (χ1n) is 9.82. The molecule has 1 aromatic heterocycles. The van der Waals surface area contributed by atoms with Crippen molar-refractivity contribution in [2.45, 2.75) is 31.3 Å². The largest absolute Gasteiger partial charge is 0.618 e. The Hall–Kier alpha value is -2.99. The number of rotatable bonds is 8. The van der Waals surface area contributed by atoms with E-state index >= 15 is 0 Å². The Morgan fingerprint density at radius 3 is 2.37 bits per heavy atom. The molecule has 0 aliphatic rings. The first-order chi connectivity index (χ1) is 14.5. The molecule has 1 amide bonds. The van der Waals surface area contributed by atoms with Crippen LogP contribution in [0.3, 0.4) is 0 Å². The fraction of sp³-hybridized carbons (Fsp3) is 0.250. The molecule has 0 saturated carbocycles. The topological polar surface area (TPSA) is 56.5 Å². The van der Waals surface area contributed by atoms with Crippen molar-refractivity contribution in [1.29, 1.82) is 0 Å². The number of hydrogen-bond acceptors (Lipinski definition) is 4. The number of thioether (sulfide) groups is 1. The second kappa shape index (κ2) is 10.2. The van der Waals surface area contributed by atoms with Crippen LogP contribution in [0.4, 0.5) is 5.69 Å². The molecule has 0 fully saturated rings. The Labute approximate surface area is 181 Å². The summed E-state index contributed by atoms with van der Waals surface area (Å²) in [5.41, 5.74) is 3.10. The van der Waals surface area contributed by atoms with Crippen molar-refractivity contribution in [3.8, 4) is 5.75 Å². The Bertz CT molecular complexity index is 973. The molecule has 0 N–H and O–H groups in total. The Balaban J connectivity index is 1.80. The van der Waals surface area contributed by atoms with Crippen molar-refractivity contribution in [2.24, 2.45) is 0 Å². The molecular weight excluding hydrogens is 396 g/mol. The summed E-state index contributed by atoms with van der Waals surface area (Å²) in [7, 11) is 1.61. The van der Waals surface area contributed by atoms with Gasteiger partial charge in [0.25, 0.3) is 5.03 Å². The summed E-state index contributed by atoms with van der Waals surface area (Å²) in [4.78, 5) is 14.9. The van der Waals surface area contributed by atoms with Crippen LogP contribution in [-0.4, -0.2) is 18.8 Å². The SMILES string of the molecule is COc1ccc(N(Cc2ccc(C(C)C)cc2)C(=O)CSc2cccc[n+]2[O-])cc1. The lowest BCUT2D eigenvalue weighted by Crippen LogP contribution is -2.33. The zero-order valence-electron chi connectivity index (χ0n) is 17.4. The molecule has 1 heterocycles. The summed E-state index contributed by atoms with van der Waals surface area (Å²) in [5.74, 6) is 1.29.